The van der Waals surface area contributed by atoms with E-state index >= 15 is 0 Å². The van der Waals surface area contributed by atoms with Gasteiger partial charge in [-0.15, -0.1) is 0 Å². The van der Waals surface area contributed by atoms with Crippen LogP contribution in [-0.2, 0) is 11.3 Å². The van der Waals surface area contributed by atoms with Crippen molar-refractivity contribution in [3.63, 3.8) is 0 Å². The van der Waals surface area contributed by atoms with Gasteiger partial charge in [0.15, 0.2) is 0 Å². The summed E-state index contributed by atoms with van der Waals surface area (Å²) in [4.78, 5) is 28.4. The van der Waals surface area contributed by atoms with E-state index in [4.69, 9.17) is 0 Å². The number of benzene rings is 1. The fraction of sp³-hybridized carbons (Fsp3) is 0.579. The molecule has 2 amide bonds. The first-order valence-electron chi connectivity index (χ1n) is 8.56. The van der Waals surface area contributed by atoms with Crippen molar-refractivity contribution >= 4 is 11.8 Å². The maximum Gasteiger partial charge on any atom is 0.254 e. The molecule has 2 rings (SSSR count). The van der Waals surface area contributed by atoms with Crippen LogP contribution in [0.4, 0.5) is 0 Å². The molecule has 0 aromatic heterocycles. The van der Waals surface area contributed by atoms with Gasteiger partial charge in [-0.2, -0.15) is 0 Å². The molecule has 0 aliphatic carbocycles. The predicted molar refractivity (Wildman–Crippen MR) is 92.1 cm³/mol. The molecule has 0 spiro atoms. The molecular weight excluding hydrogens is 288 g/mol. The Kier molecular flexibility index (Phi) is 5.80. The number of likely N-dealkylation sites (tertiary alicyclic amines) is 1. The average Bonchev–Trinajstić information content (AvgIpc) is 2.89. The molecule has 1 aliphatic heterocycles. The summed E-state index contributed by atoms with van der Waals surface area (Å²) in [5.41, 5.74) is 1.74. The van der Waals surface area contributed by atoms with E-state index < -0.39 is 0 Å². The summed E-state index contributed by atoms with van der Waals surface area (Å²) in [6.45, 7) is 10.5. The molecule has 0 unspecified atom stereocenters. The van der Waals surface area contributed by atoms with Gasteiger partial charge in [0.1, 0.15) is 0 Å². The number of nitrogens with zero attached hydrogens (tertiary/aromatic N) is 2. The predicted octanol–water partition coefficient (Wildman–Crippen LogP) is 3.32. The first-order chi connectivity index (χ1) is 10.9. The van der Waals surface area contributed by atoms with Crippen LogP contribution in [0.2, 0.25) is 0 Å². The highest BCUT2D eigenvalue weighted by molar-refractivity contribution is 5.94. The van der Waals surface area contributed by atoms with E-state index in [1.807, 2.05) is 47.9 Å². The molecular formula is C19H28N2O2. The van der Waals surface area contributed by atoms with Gasteiger partial charge in [0.25, 0.3) is 5.91 Å². The molecule has 4 heteroatoms. The van der Waals surface area contributed by atoms with Gasteiger partial charge in [-0.3, -0.25) is 9.59 Å². The monoisotopic (exact) mass is 316 g/mol. The van der Waals surface area contributed by atoms with E-state index in [0.717, 1.165) is 25.1 Å². The van der Waals surface area contributed by atoms with Gasteiger partial charge in [-0.1, -0.05) is 26.0 Å². The van der Waals surface area contributed by atoms with Crippen molar-refractivity contribution in [2.24, 2.45) is 5.92 Å². The molecule has 1 aromatic rings. The van der Waals surface area contributed by atoms with Crippen molar-refractivity contribution in [2.75, 3.05) is 13.1 Å². The fourth-order valence-electron chi connectivity index (χ4n) is 2.98. The number of hydrogen-bond donors (Lipinski definition) is 0. The van der Waals surface area contributed by atoms with Gasteiger partial charge in [0.2, 0.25) is 5.91 Å². The van der Waals surface area contributed by atoms with E-state index in [-0.39, 0.29) is 17.9 Å². The van der Waals surface area contributed by atoms with Crippen molar-refractivity contribution in [3.05, 3.63) is 35.4 Å². The average molecular weight is 316 g/mol. The van der Waals surface area contributed by atoms with E-state index in [9.17, 15) is 9.59 Å². The van der Waals surface area contributed by atoms with Crippen LogP contribution < -0.4 is 0 Å². The number of carbonyl (C=O) groups excluding carboxylic acids is 2. The molecule has 1 saturated heterocycles. The molecule has 0 atom stereocenters. The second kappa shape index (κ2) is 7.62. The van der Waals surface area contributed by atoms with E-state index in [0.29, 0.717) is 24.4 Å². The Bertz CT molecular complexity index is 566. The third-order valence-electron chi connectivity index (χ3n) is 4.16. The molecule has 0 N–H and O–H groups in total. The third kappa shape index (κ3) is 4.57. The minimum Gasteiger partial charge on any atom is -0.338 e. The largest absolute Gasteiger partial charge is 0.338 e. The van der Waals surface area contributed by atoms with Gasteiger partial charge >= 0.3 is 0 Å². The summed E-state index contributed by atoms with van der Waals surface area (Å²) in [6.07, 6.45) is 1.58. The van der Waals surface area contributed by atoms with Gasteiger partial charge in [-0.25, -0.2) is 0 Å². The highest BCUT2D eigenvalue weighted by atomic mass is 16.2. The summed E-state index contributed by atoms with van der Waals surface area (Å²) in [6, 6.07) is 7.88. The molecule has 0 radical (unpaired) electrons. The molecule has 4 nitrogen and oxygen atoms in total. The molecule has 1 heterocycles. The second-order valence-electron chi connectivity index (χ2n) is 7.06. The number of hydrogen-bond acceptors (Lipinski definition) is 2. The van der Waals surface area contributed by atoms with Crippen molar-refractivity contribution < 1.29 is 9.59 Å². The zero-order valence-corrected chi connectivity index (χ0v) is 14.7. The lowest BCUT2D eigenvalue weighted by Gasteiger charge is -2.29. The number of amides is 2. The number of rotatable bonds is 6. The Morgan fingerprint density at radius 1 is 1.26 bits per heavy atom. The van der Waals surface area contributed by atoms with Crippen molar-refractivity contribution in [1.82, 2.24) is 9.80 Å². The lowest BCUT2D eigenvalue weighted by Crippen LogP contribution is -2.39. The first kappa shape index (κ1) is 17.5. The zero-order valence-electron chi connectivity index (χ0n) is 14.7. The minimum absolute atomic E-state index is 0.0725. The van der Waals surface area contributed by atoms with Crippen LogP contribution in [0.5, 0.6) is 0 Å². The number of carbonyl (C=O) groups is 2. The zero-order chi connectivity index (χ0) is 17.0. The Morgan fingerprint density at radius 3 is 2.57 bits per heavy atom. The molecule has 23 heavy (non-hydrogen) atoms. The van der Waals surface area contributed by atoms with E-state index in [2.05, 4.69) is 13.8 Å². The van der Waals surface area contributed by atoms with Crippen LogP contribution in [0, 0.1) is 5.92 Å². The standard InChI is InChI=1S/C19H28N2O2/c1-14(2)12-21(15(3)4)19(23)17-8-5-7-16(11-17)13-20-10-6-9-18(20)22/h5,7-8,11,14-15H,6,9-10,12-13H2,1-4H3. The normalized spacial score (nSPS) is 14.9. The molecule has 1 aliphatic rings. The summed E-state index contributed by atoms with van der Waals surface area (Å²) in [7, 11) is 0. The van der Waals surface area contributed by atoms with Crippen molar-refractivity contribution in [1.29, 1.82) is 0 Å². The summed E-state index contributed by atoms with van der Waals surface area (Å²) in [5, 5.41) is 0. The van der Waals surface area contributed by atoms with Gasteiger partial charge in [0, 0.05) is 37.7 Å². The first-order valence-corrected chi connectivity index (χ1v) is 8.56. The summed E-state index contributed by atoms with van der Waals surface area (Å²) < 4.78 is 0. The fourth-order valence-corrected chi connectivity index (χ4v) is 2.98. The lowest BCUT2D eigenvalue weighted by atomic mass is 10.1. The van der Waals surface area contributed by atoms with E-state index in [1.165, 1.54) is 0 Å². The Labute approximate surface area is 139 Å². The molecule has 126 valence electrons. The summed E-state index contributed by atoms with van der Waals surface area (Å²) in [5.74, 6) is 0.723. The Morgan fingerprint density at radius 2 is 2.00 bits per heavy atom. The van der Waals surface area contributed by atoms with Crippen LogP contribution >= 0.6 is 0 Å². The highest BCUT2D eigenvalue weighted by Gasteiger charge is 2.22. The van der Waals surface area contributed by atoms with Crippen LogP contribution in [0.15, 0.2) is 24.3 Å². The maximum atomic E-state index is 12.8. The maximum absolute atomic E-state index is 12.8. The van der Waals surface area contributed by atoms with Crippen LogP contribution in [0.25, 0.3) is 0 Å². The smallest absolute Gasteiger partial charge is 0.254 e. The second-order valence-corrected chi connectivity index (χ2v) is 7.06. The third-order valence-corrected chi connectivity index (χ3v) is 4.16. The molecule has 1 aromatic carbocycles. The van der Waals surface area contributed by atoms with Gasteiger partial charge in [-0.05, 0) is 43.9 Å². The minimum atomic E-state index is 0.0725. The van der Waals surface area contributed by atoms with Crippen LogP contribution in [-0.4, -0.2) is 40.7 Å². The van der Waals surface area contributed by atoms with Gasteiger partial charge in [0.05, 0.1) is 0 Å². The Hall–Kier alpha value is -1.84. The molecule has 0 bridgehead atoms. The Balaban J connectivity index is 2.14. The summed E-state index contributed by atoms with van der Waals surface area (Å²) >= 11 is 0. The van der Waals surface area contributed by atoms with Gasteiger partial charge < -0.3 is 9.80 Å². The quantitative estimate of drug-likeness (QED) is 0.808. The van der Waals surface area contributed by atoms with Crippen LogP contribution in [0.1, 0.15) is 56.5 Å². The molecule has 0 saturated carbocycles. The topological polar surface area (TPSA) is 40.6 Å². The lowest BCUT2D eigenvalue weighted by molar-refractivity contribution is -0.128. The van der Waals surface area contributed by atoms with E-state index in [1.54, 1.807) is 0 Å². The van der Waals surface area contributed by atoms with Crippen LogP contribution in [0.3, 0.4) is 0 Å². The van der Waals surface area contributed by atoms with Crippen molar-refractivity contribution in [2.45, 2.75) is 53.1 Å². The van der Waals surface area contributed by atoms with Crippen molar-refractivity contribution in [3.8, 4) is 0 Å². The highest BCUT2D eigenvalue weighted by Crippen LogP contribution is 2.17. The molecule has 1 fully saturated rings. The SMILES string of the molecule is CC(C)CN(C(=O)c1cccc(CN2CCCC2=O)c1)C(C)C.